The lowest BCUT2D eigenvalue weighted by molar-refractivity contribution is 0.178. The largest absolute Gasteiger partial charge is 0.388 e. The van der Waals surface area contributed by atoms with Crippen molar-refractivity contribution in [2.45, 2.75) is 12.5 Å². The molecule has 0 radical (unpaired) electrons. The fraction of sp³-hybridized carbons (Fsp3) is 0.125. The average Bonchev–Trinajstić information content (AvgIpc) is 2.49. The summed E-state index contributed by atoms with van der Waals surface area (Å²) in [5.41, 5.74) is 1.38. The van der Waals surface area contributed by atoms with Crippen molar-refractivity contribution in [2.75, 3.05) is 0 Å². The van der Waals surface area contributed by atoms with Crippen molar-refractivity contribution in [3.63, 3.8) is 0 Å². The van der Waals surface area contributed by atoms with E-state index in [2.05, 4.69) is 9.97 Å². The van der Waals surface area contributed by atoms with E-state index in [1.54, 1.807) is 18.2 Å². The monoisotopic (exact) mass is 282 g/mol. The minimum absolute atomic E-state index is 0.486. The van der Waals surface area contributed by atoms with Gasteiger partial charge in [0.05, 0.1) is 17.1 Å². The molecule has 106 valence electrons. The number of hydrogen-bond acceptors (Lipinski definition) is 3. The van der Waals surface area contributed by atoms with E-state index in [1.807, 2.05) is 30.3 Å². The highest BCUT2D eigenvalue weighted by molar-refractivity contribution is 5.74. The van der Waals surface area contributed by atoms with Gasteiger partial charge in [0.2, 0.25) is 0 Å². The van der Waals surface area contributed by atoms with Gasteiger partial charge in [-0.1, -0.05) is 36.4 Å². The molecular formula is C16H14N2O3. The Balaban J connectivity index is 1.95. The molecule has 1 unspecified atom stereocenters. The molecule has 0 saturated carbocycles. The van der Waals surface area contributed by atoms with Crippen molar-refractivity contribution in [3.8, 4) is 0 Å². The lowest BCUT2D eigenvalue weighted by Gasteiger charge is -2.11. The highest BCUT2D eigenvalue weighted by atomic mass is 16.3. The van der Waals surface area contributed by atoms with Gasteiger partial charge in [-0.05, 0) is 23.3 Å². The summed E-state index contributed by atoms with van der Waals surface area (Å²) in [4.78, 5) is 27.6. The Hall–Kier alpha value is -2.66. The van der Waals surface area contributed by atoms with Gasteiger partial charge in [-0.2, -0.15) is 0 Å². The zero-order chi connectivity index (χ0) is 14.8. The van der Waals surface area contributed by atoms with Gasteiger partial charge in [-0.3, -0.25) is 9.59 Å². The number of benzene rings is 2. The van der Waals surface area contributed by atoms with Crippen LogP contribution in [0, 0.1) is 0 Å². The predicted molar refractivity (Wildman–Crippen MR) is 80.3 cm³/mol. The third-order valence-electron chi connectivity index (χ3n) is 3.40. The van der Waals surface area contributed by atoms with Gasteiger partial charge < -0.3 is 15.1 Å². The quantitative estimate of drug-likeness (QED) is 0.636. The standard InChI is InChI=1S/C16H14N2O3/c19-14(8-10-4-2-1-3-5-10)11-6-7-12-13(9-11)18-16(21)15(20)17-12/h1-7,9,14,19H,8H2,(H,17,20)(H,18,21). The van der Waals surface area contributed by atoms with Crippen LogP contribution in [0.2, 0.25) is 0 Å². The molecule has 1 atom stereocenters. The van der Waals surface area contributed by atoms with Gasteiger partial charge >= 0.3 is 11.1 Å². The van der Waals surface area contributed by atoms with Crippen molar-refractivity contribution in [1.82, 2.24) is 9.97 Å². The molecule has 0 bridgehead atoms. The van der Waals surface area contributed by atoms with E-state index in [0.29, 0.717) is 23.0 Å². The Morgan fingerprint density at radius 3 is 2.29 bits per heavy atom. The van der Waals surface area contributed by atoms with Gasteiger partial charge in [-0.25, -0.2) is 0 Å². The van der Waals surface area contributed by atoms with Crippen LogP contribution in [0.3, 0.4) is 0 Å². The van der Waals surface area contributed by atoms with E-state index in [1.165, 1.54) is 0 Å². The average molecular weight is 282 g/mol. The minimum Gasteiger partial charge on any atom is -0.388 e. The highest BCUT2D eigenvalue weighted by Gasteiger charge is 2.10. The van der Waals surface area contributed by atoms with Crippen LogP contribution in [0.1, 0.15) is 17.2 Å². The minimum atomic E-state index is -0.697. The summed E-state index contributed by atoms with van der Waals surface area (Å²) in [6.45, 7) is 0. The molecule has 0 spiro atoms. The van der Waals surface area contributed by atoms with Crippen LogP contribution in [-0.2, 0) is 6.42 Å². The number of fused-ring (bicyclic) bond motifs is 1. The molecule has 0 saturated heterocycles. The van der Waals surface area contributed by atoms with E-state index in [4.69, 9.17) is 0 Å². The second-order valence-electron chi connectivity index (χ2n) is 4.92. The number of nitrogens with one attached hydrogen (secondary N) is 2. The molecule has 0 aliphatic rings. The van der Waals surface area contributed by atoms with Gasteiger partial charge in [0.25, 0.3) is 0 Å². The molecule has 5 nitrogen and oxygen atoms in total. The number of H-pyrrole nitrogens is 2. The molecule has 0 aliphatic carbocycles. The Morgan fingerprint density at radius 1 is 0.905 bits per heavy atom. The highest BCUT2D eigenvalue weighted by Crippen LogP contribution is 2.20. The van der Waals surface area contributed by atoms with Gasteiger partial charge in [0, 0.05) is 6.42 Å². The lowest BCUT2D eigenvalue weighted by atomic mass is 10.0. The maximum Gasteiger partial charge on any atom is 0.314 e. The van der Waals surface area contributed by atoms with Gasteiger partial charge in [0.15, 0.2) is 0 Å². The van der Waals surface area contributed by atoms with Crippen LogP contribution in [0.4, 0.5) is 0 Å². The fourth-order valence-corrected chi connectivity index (χ4v) is 2.29. The first-order valence-corrected chi connectivity index (χ1v) is 6.62. The number of aliphatic hydroxyl groups excluding tert-OH is 1. The first kappa shape index (κ1) is 13.3. The summed E-state index contributed by atoms with van der Waals surface area (Å²) in [5, 5.41) is 10.3. The van der Waals surface area contributed by atoms with Crippen molar-refractivity contribution in [3.05, 3.63) is 80.4 Å². The summed E-state index contributed by atoms with van der Waals surface area (Å²) in [5.74, 6) is 0. The third kappa shape index (κ3) is 2.78. The van der Waals surface area contributed by atoms with Crippen LogP contribution in [0.15, 0.2) is 58.1 Å². The summed E-state index contributed by atoms with van der Waals surface area (Å²) in [6, 6.07) is 14.8. The third-order valence-corrected chi connectivity index (χ3v) is 3.40. The summed E-state index contributed by atoms with van der Waals surface area (Å²) < 4.78 is 0. The summed E-state index contributed by atoms with van der Waals surface area (Å²) in [6.07, 6.45) is -0.188. The number of hydrogen-bond donors (Lipinski definition) is 3. The number of aliphatic hydroxyl groups is 1. The van der Waals surface area contributed by atoms with E-state index < -0.39 is 17.2 Å². The number of rotatable bonds is 3. The number of aromatic amines is 2. The molecule has 1 aromatic heterocycles. The molecular weight excluding hydrogens is 268 g/mol. The van der Waals surface area contributed by atoms with E-state index in [9.17, 15) is 14.7 Å². The molecule has 2 aromatic carbocycles. The molecule has 0 fully saturated rings. The normalized spacial score (nSPS) is 12.4. The molecule has 3 rings (SSSR count). The second-order valence-corrected chi connectivity index (χ2v) is 4.92. The van der Waals surface area contributed by atoms with Crippen molar-refractivity contribution in [2.24, 2.45) is 0 Å². The maximum absolute atomic E-state index is 11.3. The van der Waals surface area contributed by atoms with Crippen molar-refractivity contribution < 1.29 is 5.11 Å². The molecule has 3 N–H and O–H groups in total. The summed E-state index contributed by atoms with van der Waals surface area (Å²) >= 11 is 0. The lowest BCUT2D eigenvalue weighted by Crippen LogP contribution is -2.28. The fourth-order valence-electron chi connectivity index (χ4n) is 2.29. The van der Waals surface area contributed by atoms with Crippen LogP contribution in [0.5, 0.6) is 0 Å². The molecule has 21 heavy (non-hydrogen) atoms. The van der Waals surface area contributed by atoms with E-state index >= 15 is 0 Å². The first-order valence-electron chi connectivity index (χ1n) is 6.62. The zero-order valence-corrected chi connectivity index (χ0v) is 11.2. The zero-order valence-electron chi connectivity index (χ0n) is 11.2. The SMILES string of the molecule is O=c1[nH]c2ccc(C(O)Cc3ccccc3)cc2[nH]c1=O. The van der Waals surface area contributed by atoms with Crippen molar-refractivity contribution >= 4 is 11.0 Å². The second kappa shape index (κ2) is 5.38. The smallest absolute Gasteiger partial charge is 0.314 e. The topological polar surface area (TPSA) is 85.9 Å². The van der Waals surface area contributed by atoms with Crippen molar-refractivity contribution in [1.29, 1.82) is 0 Å². The maximum atomic E-state index is 11.3. The van der Waals surface area contributed by atoms with E-state index in [0.717, 1.165) is 5.56 Å². The summed E-state index contributed by atoms with van der Waals surface area (Å²) in [7, 11) is 0. The van der Waals surface area contributed by atoms with E-state index in [-0.39, 0.29) is 0 Å². The Bertz CT molecular complexity index is 881. The first-order chi connectivity index (χ1) is 10.1. The predicted octanol–water partition coefficient (Wildman–Crippen LogP) is 1.49. The molecule has 3 aromatic rings. The van der Waals surface area contributed by atoms with Crippen LogP contribution in [-0.4, -0.2) is 15.1 Å². The molecule has 0 aliphatic heterocycles. The van der Waals surface area contributed by atoms with Gasteiger partial charge in [-0.15, -0.1) is 0 Å². The Morgan fingerprint density at radius 2 is 1.57 bits per heavy atom. The molecule has 0 amide bonds. The Labute approximate surface area is 119 Å². The molecule has 1 heterocycles. The molecule has 5 heteroatoms. The van der Waals surface area contributed by atoms with Gasteiger partial charge in [0.1, 0.15) is 0 Å². The van der Waals surface area contributed by atoms with Crippen LogP contribution in [0.25, 0.3) is 11.0 Å². The Kier molecular flexibility index (Phi) is 3.41. The van der Waals surface area contributed by atoms with Crippen LogP contribution >= 0.6 is 0 Å². The number of aromatic nitrogens is 2. The van der Waals surface area contributed by atoms with Crippen LogP contribution < -0.4 is 11.1 Å².